The number of aromatic nitrogens is 2. The molecule has 1 heterocycles. The number of hydrogen-bond acceptors (Lipinski definition) is 4. The molecule has 1 N–H and O–H groups in total. The summed E-state index contributed by atoms with van der Waals surface area (Å²) >= 11 is 5.83. The van der Waals surface area contributed by atoms with Crippen LogP contribution in [0.2, 0.25) is 5.02 Å². The van der Waals surface area contributed by atoms with Gasteiger partial charge in [0.25, 0.3) is 0 Å². The van der Waals surface area contributed by atoms with Crippen molar-refractivity contribution in [3.8, 4) is 11.5 Å². The molecule has 2 rings (SSSR count). The summed E-state index contributed by atoms with van der Waals surface area (Å²) in [7, 11) is 0. The number of nitrogens with one attached hydrogen (secondary N) is 1. The summed E-state index contributed by atoms with van der Waals surface area (Å²) in [4.78, 5) is 11.5. The minimum atomic E-state index is 0.0439. The Morgan fingerprint density at radius 2 is 2.00 bits per heavy atom. The lowest BCUT2D eigenvalue weighted by Gasteiger charge is -2.05. The van der Waals surface area contributed by atoms with Gasteiger partial charge >= 0.3 is 0 Å². The molecule has 1 aromatic carbocycles. The second-order valence-electron chi connectivity index (χ2n) is 5.21. The maximum Gasteiger partial charge on any atom is 0.247 e. The summed E-state index contributed by atoms with van der Waals surface area (Å²) < 4.78 is 5.56. The topological polar surface area (TPSA) is 68.0 Å². The lowest BCUT2D eigenvalue weighted by molar-refractivity contribution is -0.121. The molecule has 0 spiro atoms. The van der Waals surface area contributed by atoms with Crippen molar-refractivity contribution in [1.29, 1.82) is 0 Å². The van der Waals surface area contributed by atoms with Gasteiger partial charge < -0.3 is 9.73 Å². The van der Waals surface area contributed by atoms with E-state index < -0.39 is 0 Å². The van der Waals surface area contributed by atoms with Crippen LogP contribution < -0.4 is 5.32 Å². The summed E-state index contributed by atoms with van der Waals surface area (Å²) in [5.41, 5.74) is 0.821. The third kappa shape index (κ3) is 4.86. The number of benzene rings is 1. The van der Waals surface area contributed by atoms with Crippen LogP contribution >= 0.6 is 11.6 Å². The molecule has 0 saturated carbocycles. The highest BCUT2D eigenvalue weighted by Gasteiger charge is 2.09. The van der Waals surface area contributed by atoms with E-state index in [1.54, 1.807) is 12.1 Å². The highest BCUT2D eigenvalue weighted by molar-refractivity contribution is 6.30. The third-order valence-electron chi connectivity index (χ3n) is 2.81. The minimum absolute atomic E-state index is 0.0439. The van der Waals surface area contributed by atoms with Crippen molar-refractivity contribution in [1.82, 2.24) is 15.5 Å². The van der Waals surface area contributed by atoms with Crippen LogP contribution in [0.4, 0.5) is 0 Å². The molecule has 6 heteroatoms. The number of rotatable bonds is 6. The monoisotopic (exact) mass is 307 g/mol. The van der Waals surface area contributed by atoms with Gasteiger partial charge in [-0.05, 0) is 30.2 Å². The van der Waals surface area contributed by atoms with Crippen molar-refractivity contribution in [3.63, 3.8) is 0 Å². The van der Waals surface area contributed by atoms with Crippen molar-refractivity contribution in [3.05, 3.63) is 35.2 Å². The van der Waals surface area contributed by atoms with Crippen LogP contribution in [0.1, 0.15) is 26.2 Å². The largest absolute Gasteiger partial charge is 0.421 e. The van der Waals surface area contributed by atoms with Gasteiger partial charge in [0.1, 0.15) is 0 Å². The normalized spacial score (nSPS) is 10.9. The molecule has 112 valence electrons. The second kappa shape index (κ2) is 7.22. The quantitative estimate of drug-likeness (QED) is 0.890. The Kier molecular flexibility index (Phi) is 5.33. The zero-order valence-electron chi connectivity index (χ0n) is 12.1. The Hall–Kier alpha value is -1.88. The Bertz CT molecular complexity index is 593. The number of carbonyl (C=O) groups is 1. The number of nitrogens with zero attached hydrogens (tertiary/aromatic N) is 2. The van der Waals surface area contributed by atoms with Crippen molar-refractivity contribution in [2.24, 2.45) is 5.92 Å². The third-order valence-corrected chi connectivity index (χ3v) is 3.06. The first-order valence-corrected chi connectivity index (χ1v) is 7.27. The Morgan fingerprint density at radius 1 is 1.29 bits per heavy atom. The van der Waals surface area contributed by atoms with Crippen LogP contribution in [0.3, 0.4) is 0 Å². The molecule has 0 atom stereocenters. The molecule has 0 aliphatic carbocycles. The fourth-order valence-corrected chi connectivity index (χ4v) is 1.94. The van der Waals surface area contributed by atoms with Gasteiger partial charge in [-0.15, -0.1) is 10.2 Å². The predicted octanol–water partition coefficient (Wildman–Crippen LogP) is 3.09. The van der Waals surface area contributed by atoms with E-state index >= 15 is 0 Å². The fraction of sp³-hybridized carbons (Fsp3) is 0.400. The molecular formula is C15H18ClN3O2. The second-order valence-corrected chi connectivity index (χ2v) is 5.64. The van der Waals surface area contributed by atoms with E-state index in [-0.39, 0.29) is 5.91 Å². The van der Waals surface area contributed by atoms with Gasteiger partial charge in [0.15, 0.2) is 0 Å². The smallest absolute Gasteiger partial charge is 0.247 e. The van der Waals surface area contributed by atoms with E-state index in [0.29, 0.717) is 42.1 Å². The molecule has 2 aromatic rings. The van der Waals surface area contributed by atoms with E-state index in [4.69, 9.17) is 16.0 Å². The summed E-state index contributed by atoms with van der Waals surface area (Å²) in [5.74, 6) is 1.35. The molecule has 21 heavy (non-hydrogen) atoms. The molecule has 0 bridgehead atoms. The fourth-order valence-electron chi connectivity index (χ4n) is 1.82. The maximum atomic E-state index is 11.5. The first kappa shape index (κ1) is 15.5. The lowest BCUT2D eigenvalue weighted by Crippen LogP contribution is -2.26. The lowest BCUT2D eigenvalue weighted by atomic mass is 10.1. The molecule has 1 aromatic heterocycles. The van der Waals surface area contributed by atoms with Crippen LogP contribution in [0.5, 0.6) is 0 Å². The van der Waals surface area contributed by atoms with Crippen LogP contribution in [-0.4, -0.2) is 22.6 Å². The van der Waals surface area contributed by atoms with E-state index in [1.807, 2.05) is 26.0 Å². The minimum Gasteiger partial charge on any atom is -0.421 e. The molecule has 0 unspecified atom stereocenters. The van der Waals surface area contributed by atoms with Crippen LogP contribution in [0.15, 0.2) is 28.7 Å². The van der Waals surface area contributed by atoms with Gasteiger partial charge in [0.2, 0.25) is 17.7 Å². The molecular weight excluding hydrogens is 290 g/mol. The van der Waals surface area contributed by atoms with E-state index in [2.05, 4.69) is 15.5 Å². The molecule has 0 saturated heterocycles. The van der Waals surface area contributed by atoms with E-state index in [0.717, 1.165) is 5.56 Å². The van der Waals surface area contributed by atoms with E-state index in [9.17, 15) is 4.79 Å². The molecule has 5 nitrogen and oxygen atoms in total. The van der Waals surface area contributed by atoms with Crippen LogP contribution in [0, 0.1) is 5.92 Å². The van der Waals surface area contributed by atoms with Gasteiger partial charge in [0.05, 0.1) is 0 Å². The van der Waals surface area contributed by atoms with Gasteiger partial charge in [-0.25, -0.2) is 0 Å². The Morgan fingerprint density at radius 3 is 2.67 bits per heavy atom. The Balaban J connectivity index is 1.86. The average molecular weight is 308 g/mol. The van der Waals surface area contributed by atoms with Gasteiger partial charge in [0, 0.05) is 30.0 Å². The van der Waals surface area contributed by atoms with Crippen LogP contribution in [-0.2, 0) is 11.2 Å². The van der Waals surface area contributed by atoms with Gasteiger partial charge in [-0.2, -0.15) is 0 Å². The highest BCUT2D eigenvalue weighted by atomic mass is 35.5. The zero-order chi connectivity index (χ0) is 15.2. The summed E-state index contributed by atoms with van der Waals surface area (Å²) in [6.45, 7) is 4.51. The first-order valence-electron chi connectivity index (χ1n) is 6.89. The van der Waals surface area contributed by atoms with Crippen molar-refractivity contribution < 1.29 is 9.21 Å². The maximum absolute atomic E-state index is 11.5. The average Bonchev–Trinajstić information content (AvgIpc) is 2.87. The standard InChI is InChI=1S/C15H18ClN3O2/c1-10(2)9-13(20)17-8-7-14-18-19-15(21-14)11-3-5-12(16)6-4-11/h3-6,10H,7-9H2,1-2H3,(H,17,20). The molecule has 0 aliphatic heterocycles. The molecule has 1 amide bonds. The Labute approximate surface area is 128 Å². The number of halogens is 1. The summed E-state index contributed by atoms with van der Waals surface area (Å²) in [6.07, 6.45) is 1.05. The molecule has 0 radical (unpaired) electrons. The summed E-state index contributed by atoms with van der Waals surface area (Å²) in [5, 5.41) is 11.5. The first-order chi connectivity index (χ1) is 10.0. The van der Waals surface area contributed by atoms with Gasteiger partial charge in [-0.1, -0.05) is 25.4 Å². The van der Waals surface area contributed by atoms with Crippen molar-refractivity contribution >= 4 is 17.5 Å². The van der Waals surface area contributed by atoms with Crippen molar-refractivity contribution in [2.75, 3.05) is 6.54 Å². The van der Waals surface area contributed by atoms with Gasteiger partial charge in [-0.3, -0.25) is 4.79 Å². The van der Waals surface area contributed by atoms with Crippen molar-refractivity contribution in [2.45, 2.75) is 26.7 Å². The number of amides is 1. The number of carbonyl (C=O) groups excluding carboxylic acids is 1. The summed E-state index contributed by atoms with van der Waals surface area (Å²) in [6, 6.07) is 7.19. The predicted molar refractivity (Wildman–Crippen MR) is 80.9 cm³/mol. The number of hydrogen-bond donors (Lipinski definition) is 1. The highest BCUT2D eigenvalue weighted by Crippen LogP contribution is 2.20. The molecule has 0 fully saturated rings. The SMILES string of the molecule is CC(C)CC(=O)NCCc1nnc(-c2ccc(Cl)cc2)o1. The zero-order valence-corrected chi connectivity index (χ0v) is 12.9. The molecule has 0 aliphatic rings. The van der Waals surface area contributed by atoms with Crippen LogP contribution in [0.25, 0.3) is 11.5 Å². The van der Waals surface area contributed by atoms with E-state index in [1.165, 1.54) is 0 Å².